The lowest BCUT2D eigenvalue weighted by Crippen LogP contribution is -2.44. The van der Waals surface area contributed by atoms with Crippen LogP contribution < -0.4 is 15.1 Å². The molecule has 0 saturated carbocycles. The Bertz CT molecular complexity index is 406. The van der Waals surface area contributed by atoms with Crippen molar-refractivity contribution in [2.24, 2.45) is 0 Å². The fourth-order valence-corrected chi connectivity index (χ4v) is 2.17. The summed E-state index contributed by atoms with van der Waals surface area (Å²) in [6.45, 7) is 4.01. The van der Waals surface area contributed by atoms with Crippen LogP contribution in [-0.2, 0) is 0 Å². The lowest BCUT2D eigenvalue weighted by Gasteiger charge is -2.34. The molecule has 2 rings (SSSR count). The van der Waals surface area contributed by atoms with Crippen LogP contribution in [0.1, 0.15) is 0 Å². The molecular formula is C12H19BN2O3. The second kappa shape index (κ2) is 5.60. The Labute approximate surface area is 108 Å². The molecule has 1 saturated heterocycles. The zero-order valence-electron chi connectivity index (χ0n) is 10.8. The van der Waals surface area contributed by atoms with Gasteiger partial charge in [0.2, 0.25) is 0 Å². The summed E-state index contributed by atoms with van der Waals surface area (Å²) in [5.74, 6) is 0.515. The van der Waals surface area contributed by atoms with Crippen molar-refractivity contribution < 1.29 is 14.8 Å². The summed E-state index contributed by atoms with van der Waals surface area (Å²) in [7, 11) is 2.15. The summed E-state index contributed by atoms with van der Waals surface area (Å²) in [6.07, 6.45) is 0. The van der Waals surface area contributed by atoms with Crippen LogP contribution >= 0.6 is 0 Å². The van der Waals surface area contributed by atoms with Crippen molar-refractivity contribution in [3.05, 3.63) is 18.2 Å². The van der Waals surface area contributed by atoms with Crippen molar-refractivity contribution in [2.45, 2.75) is 0 Å². The molecule has 2 N–H and O–H groups in total. The van der Waals surface area contributed by atoms with Gasteiger partial charge in [-0.05, 0) is 13.1 Å². The Hall–Kier alpha value is -1.24. The first-order chi connectivity index (χ1) is 8.61. The van der Waals surface area contributed by atoms with Crippen LogP contribution in [-0.4, -0.2) is 62.4 Å². The Kier molecular flexibility index (Phi) is 4.11. The molecule has 0 aromatic heterocycles. The van der Waals surface area contributed by atoms with E-state index in [1.165, 1.54) is 7.11 Å². The molecule has 1 heterocycles. The number of anilines is 1. The van der Waals surface area contributed by atoms with Crippen molar-refractivity contribution >= 4 is 18.3 Å². The van der Waals surface area contributed by atoms with E-state index < -0.39 is 7.12 Å². The molecule has 1 fully saturated rings. The van der Waals surface area contributed by atoms with Crippen molar-refractivity contribution in [2.75, 3.05) is 45.2 Å². The van der Waals surface area contributed by atoms with E-state index in [1.54, 1.807) is 6.07 Å². The predicted octanol–water partition coefficient (Wildman–Crippen LogP) is -0.873. The highest BCUT2D eigenvalue weighted by atomic mass is 16.5. The number of hydrogen-bond donors (Lipinski definition) is 2. The van der Waals surface area contributed by atoms with Gasteiger partial charge in [0.05, 0.1) is 7.11 Å². The number of piperazine rings is 1. The normalized spacial score (nSPS) is 16.8. The third-order valence-electron chi connectivity index (χ3n) is 3.36. The number of methoxy groups -OCH3 is 1. The number of ether oxygens (including phenoxy) is 1. The summed E-state index contributed by atoms with van der Waals surface area (Å²) in [6, 6.07) is 5.47. The Morgan fingerprint density at radius 2 is 1.83 bits per heavy atom. The van der Waals surface area contributed by atoms with E-state index in [9.17, 15) is 10.0 Å². The SMILES string of the molecule is COc1cc(N2CCN(C)CC2)ccc1B(O)O. The van der Waals surface area contributed by atoms with Gasteiger partial charge in [-0.1, -0.05) is 6.07 Å². The van der Waals surface area contributed by atoms with Gasteiger partial charge in [0.1, 0.15) is 5.75 Å². The average molecular weight is 250 g/mol. The Morgan fingerprint density at radius 1 is 1.17 bits per heavy atom. The molecule has 98 valence electrons. The van der Waals surface area contributed by atoms with Crippen LogP contribution in [0.4, 0.5) is 5.69 Å². The molecular weight excluding hydrogens is 231 g/mol. The van der Waals surface area contributed by atoms with Crippen LogP contribution in [0, 0.1) is 0 Å². The lowest BCUT2D eigenvalue weighted by atomic mass is 9.79. The van der Waals surface area contributed by atoms with Gasteiger partial charge in [-0.25, -0.2) is 0 Å². The van der Waals surface area contributed by atoms with Crippen LogP contribution in [0.2, 0.25) is 0 Å². The zero-order chi connectivity index (χ0) is 13.1. The lowest BCUT2D eigenvalue weighted by molar-refractivity contribution is 0.312. The number of hydrogen-bond acceptors (Lipinski definition) is 5. The average Bonchev–Trinajstić information content (AvgIpc) is 2.38. The zero-order valence-corrected chi connectivity index (χ0v) is 10.8. The highest BCUT2D eigenvalue weighted by Gasteiger charge is 2.20. The third kappa shape index (κ3) is 2.77. The summed E-state index contributed by atoms with van der Waals surface area (Å²) in [5.41, 5.74) is 1.46. The van der Waals surface area contributed by atoms with E-state index in [0.29, 0.717) is 11.2 Å². The summed E-state index contributed by atoms with van der Waals surface area (Å²) < 4.78 is 5.20. The molecule has 0 radical (unpaired) electrons. The van der Waals surface area contributed by atoms with Crippen LogP contribution in [0.15, 0.2) is 18.2 Å². The van der Waals surface area contributed by atoms with Crippen LogP contribution in [0.5, 0.6) is 5.75 Å². The van der Waals surface area contributed by atoms with Gasteiger partial charge in [-0.15, -0.1) is 0 Å². The molecule has 0 aliphatic carbocycles. The van der Waals surface area contributed by atoms with Crippen molar-refractivity contribution in [1.29, 1.82) is 0 Å². The fraction of sp³-hybridized carbons (Fsp3) is 0.500. The van der Waals surface area contributed by atoms with E-state index in [2.05, 4.69) is 16.8 Å². The first-order valence-electron chi connectivity index (χ1n) is 6.09. The summed E-state index contributed by atoms with van der Waals surface area (Å²) >= 11 is 0. The number of nitrogens with zero attached hydrogens (tertiary/aromatic N) is 2. The van der Waals surface area contributed by atoms with Crippen molar-refractivity contribution in [1.82, 2.24) is 4.90 Å². The Morgan fingerprint density at radius 3 is 2.39 bits per heavy atom. The highest BCUT2D eigenvalue weighted by Crippen LogP contribution is 2.20. The maximum absolute atomic E-state index is 9.23. The third-order valence-corrected chi connectivity index (χ3v) is 3.36. The van der Waals surface area contributed by atoms with E-state index in [4.69, 9.17) is 4.74 Å². The van der Waals surface area contributed by atoms with E-state index in [-0.39, 0.29) is 0 Å². The molecule has 0 spiro atoms. The minimum atomic E-state index is -1.50. The fourth-order valence-electron chi connectivity index (χ4n) is 2.17. The number of rotatable bonds is 3. The molecule has 0 atom stereocenters. The first-order valence-corrected chi connectivity index (χ1v) is 6.09. The molecule has 0 unspecified atom stereocenters. The smallest absolute Gasteiger partial charge is 0.492 e. The van der Waals surface area contributed by atoms with Crippen LogP contribution in [0.25, 0.3) is 0 Å². The van der Waals surface area contributed by atoms with Gasteiger partial charge in [0.25, 0.3) is 0 Å². The molecule has 1 aliphatic heterocycles. The standard InChI is InChI=1S/C12H19BN2O3/c1-14-5-7-15(8-6-14)10-3-4-11(13(16)17)12(9-10)18-2/h3-4,9,16-17H,5-8H2,1-2H3. The molecule has 1 aliphatic rings. The Balaban J connectivity index is 2.19. The predicted molar refractivity (Wildman–Crippen MR) is 72.5 cm³/mol. The van der Waals surface area contributed by atoms with Gasteiger partial charge in [-0.3, -0.25) is 0 Å². The van der Waals surface area contributed by atoms with Crippen molar-refractivity contribution in [3.8, 4) is 5.75 Å². The van der Waals surface area contributed by atoms with E-state index in [1.807, 2.05) is 12.1 Å². The largest absolute Gasteiger partial charge is 0.497 e. The minimum absolute atomic E-state index is 0.398. The summed E-state index contributed by atoms with van der Waals surface area (Å²) in [4.78, 5) is 4.57. The molecule has 6 heteroatoms. The van der Waals surface area contributed by atoms with Gasteiger partial charge in [0.15, 0.2) is 0 Å². The molecule has 1 aromatic rings. The molecule has 0 bridgehead atoms. The molecule has 0 amide bonds. The molecule has 1 aromatic carbocycles. The monoisotopic (exact) mass is 250 g/mol. The first kappa shape index (κ1) is 13.2. The molecule has 18 heavy (non-hydrogen) atoms. The van der Waals surface area contributed by atoms with Gasteiger partial charge < -0.3 is 24.6 Å². The van der Waals surface area contributed by atoms with Crippen molar-refractivity contribution in [3.63, 3.8) is 0 Å². The summed E-state index contributed by atoms with van der Waals surface area (Å²) in [5, 5.41) is 18.5. The second-order valence-electron chi connectivity index (χ2n) is 4.59. The molecule has 5 nitrogen and oxygen atoms in total. The maximum Gasteiger partial charge on any atom is 0.492 e. The number of benzene rings is 1. The topological polar surface area (TPSA) is 56.2 Å². The maximum atomic E-state index is 9.23. The van der Waals surface area contributed by atoms with Gasteiger partial charge in [0, 0.05) is 43.4 Å². The number of likely N-dealkylation sites (N-methyl/N-ethyl adjacent to an activating group) is 1. The van der Waals surface area contributed by atoms with Crippen LogP contribution in [0.3, 0.4) is 0 Å². The van der Waals surface area contributed by atoms with Gasteiger partial charge >= 0.3 is 7.12 Å². The minimum Gasteiger partial charge on any atom is -0.497 e. The van der Waals surface area contributed by atoms with Gasteiger partial charge in [-0.2, -0.15) is 0 Å². The van der Waals surface area contributed by atoms with E-state index >= 15 is 0 Å². The second-order valence-corrected chi connectivity index (χ2v) is 4.59. The quantitative estimate of drug-likeness (QED) is 0.683. The highest BCUT2D eigenvalue weighted by molar-refractivity contribution is 6.59. The van der Waals surface area contributed by atoms with E-state index in [0.717, 1.165) is 31.9 Å².